The highest BCUT2D eigenvalue weighted by atomic mass is 127. The van der Waals surface area contributed by atoms with Gasteiger partial charge in [-0.3, -0.25) is 4.99 Å². The van der Waals surface area contributed by atoms with Gasteiger partial charge in [0.2, 0.25) is 0 Å². The molecule has 0 aromatic heterocycles. The Kier molecular flexibility index (Phi) is 8.63. The third-order valence-electron chi connectivity index (χ3n) is 3.52. The van der Waals surface area contributed by atoms with Crippen molar-refractivity contribution in [1.82, 2.24) is 4.90 Å². The summed E-state index contributed by atoms with van der Waals surface area (Å²) in [6, 6.07) is 9.80. The van der Waals surface area contributed by atoms with Gasteiger partial charge in [0.1, 0.15) is 0 Å². The summed E-state index contributed by atoms with van der Waals surface area (Å²) in [4.78, 5) is 6.70. The lowest BCUT2D eigenvalue weighted by Gasteiger charge is -2.29. The monoisotopic (exact) mass is 404 g/mol. The summed E-state index contributed by atoms with van der Waals surface area (Å²) in [6.07, 6.45) is 2.67. The van der Waals surface area contributed by atoms with Crippen molar-refractivity contribution in [3.05, 3.63) is 30.3 Å². The first-order valence-corrected chi connectivity index (χ1v) is 7.26. The number of anilines is 1. The molecule has 0 atom stereocenters. The number of aliphatic hydroxyl groups is 1. The number of nitrogens with two attached hydrogens (primary N) is 1. The average Bonchev–Trinajstić information content (AvgIpc) is 2.46. The molecular formula is C15H25IN4O. The van der Waals surface area contributed by atoms with Crippen molar-refractivity contribution in [3.8, 4) is 0 Å². The van der Waals surface area contributed by atoms with E-state index < -0.39 is 0 Å². The number of nitrogens with zero attached hydrogens (tertiary/aromatic N) is 2. The van der Waals surface area contributed by atoms with Crippen molar-refractivity contribution in [2.24, 2.45) is 10.7 Å². The largest absolute Gasteiger partial charge is 0.393 e. The fourth-order valence-electron chi connectivity index (χ4n) is 2.35. The van der Waals surface area contributed by atoms with E-state index >= 15 is 0 Å². The second-order valence-electron chi connectivity index (χ2n) is 5.18. The Balaban J connectivity index is 0.00000220. The number of piperidine rings is 1. The molecule has 5 nitrogen and oxygen atoms in total. The van der Waals surface area contributed by atoms with Gasteiger partial charge in [-0.25, -0.2) is 0 Å². The highest BCUT2D eigenvalue weighted by molar-refractivity contribution is 14.0. The summed E-state index contributed by atoms with van der Waals surface area (Å²) in [5.41, 5.74) is 6.79. The molecule has 0 saturated carbocycles. The topological polar surface area (TPSA) is 73.9 Å². The van der Waals surface area contributed by atoms with Crippen molar-refractivity contribution in [3.63, 3.8) is 0 Å². The number of halogens is 1. The van der Waals surface area contributed by atoms with Crippen LogP contribution in [-0.2, 0) is 0 Å². The first-order chi connectivity index (χ1) is 9.74. The number of aliphatic imine (C=N–C) groups is 1. The van der Waals surface area contributed by atoms with Crippen LogP contribution in [0, 0.1) is 0 Å². The summed E-state index contributed by atoms with van der Waals surface area (Å²) < 4.78 is 0. The van der Waals surface area contributed by atoms with Crippen LogP contribution in [0.15, 0.2) is 35.3 Å². The maximum Gasteiger partial charge on any atom is 0.193 e. The number of guanidine groups is 1. The molecule has 0 radical (unpaired) electrons. The van der Waals surface area contributed by atoms with Gasteiger partial charge in [0.05, 0.1) is 6.10 Å². The summed E-state index contributed by atoms with van der Waals surface area (Å²) >= 11 is 0. The maximum atomic E-state index is 9.44. The van der Waals surface area contributed by atoms with Crippen molar-refractivity contribution in [2.45, 2.75) is 25.4 Å². The van der Waals surface area contributed by atoms with Gasteiger partial charge in [-0.15, -0.1) is 24.0 Å². The molecule has 0 bridgehead atoms. The molecule has 1 fully saturated rings. The van der Waals surface area contributed by atoms with E-state index in [1.54, 1.807) is 0 Å². The Hall–Kier alpha value is -0.860. The summed E-state index contributed by atoms with van der Waals surface area (Å²) in [5.74, 6) is 0.463. The molecule has 1 aliphatic rings. The molecule has 1 aromatic rings. The van der Waals surface area contributed by atoms with E-state index in [2.05, 4.69) is 15.2 Å². The number of aliphatic hydroxyl groups excluding tert-OH is 1. The molecule has 21 heavy (non-hydrogen) atoms. The summed E-state index contributed by atoms with van der Waals surface area (Å²) in [7, 11) is 0. The van der Waals surface area contributed by atoms with Crippen LogP contribution < -0.4 is 11.1 Å². The first-order valence-electron chi connectivity index (χ1n) is 7.26. The normalized spacial score (nSPS) is 17.3. The minimum Gasteiger partial charge on any atom is -0.393 e. The van der Waals surface area contributed by atoms with E-state index in [9.17, 15) is 5.11 Å². The molecule has 1 heterocycles. The second kappa shape index (κ2) is 9.97. The predicted octanol–water partition coefficient (Wildman–Crippen LogP) is 1.88. The van der Waals surface area contributed by atoms with Gasteiger partial charge in [-0.2, -0.15) is 0 Å². The van der Waals surface area contributed by atoms with Gasteiger partial charge in [0.25, 0.3) is 0 Å². The Labute approximate surface area is 143 Å². The Morgan fingerprint density at radius 2 is 1.95 bits per heavy atom. The fraction of sp³-hybridized carbons (Fsp3) is 0.533. The minimum absolute atomic E-state index is 0. The molecule has 0 spiro atoms. The van der Waals surface area contributed by atoms with Gasteiger partial charge in [0, 0.05) is 25.3 Å². The van der Waals surface area contributed by atoms with E-state index in [0.29, 0.717) is 5.96 Å². The maximum absolute atomic E-state index is 9.44. The zero-order valence-corrected chi connectivity index (χ0v) is 14.6. The molecule has 0 aliphatic carbocycles. The molecule has 2 rings (SSSR count). The lowest BCUT2D eigenvalue weighted by Crippen LogP contribution is -2.36. The smallest absolute Gasteiger partial charge is 0.193 e. The third-order valence-corrected chi connectivity index (χ3v) is 3.52. The highest BCUT2D eigenvalue weighted by Gasteiger charge is 2.15. The standard InChI is InChI=1S/C15H24N4O.HI/c16-15(18-13-5-2-1-3-6-13)17-9-4-10-19-11-7-14(20)8-12-19;/h1-3,5-6,14,20H,4,7-12H2,(H3,16,17,18);1H. The lowest BCUT2D eigenvalue weighted by molar-refractivity contribution is 0.0824. The second-order valence-corrected chi connectivity index (χ2v) is 5.18. The highest BCUT2D eigenvalue weighted by Crippen LogP contribution is 2.10. The number of rotatable bonds is 5. The van der Waals surface area contributed by atoms with Crippen LogP contribution in [0.4, 0.5) is 5.69 Å². The van der Waals surface area contributed by atoms with E-state index in [0.717, 1.165) is 51.1 Å². The quantitative estimate of drug-likeness (QED) is 0.303. The van der Waals surface area contributed by atoms with Crippen LogP contribution in [0.2, 0.25) is 0 Å². The number of para-hydroxylation sites is 1. The zero-order chi connectivity index (χ0) is 14.2. The first kappa shape index (κ1) is 18.2. The van der Waals surface area contributed by atoms with Crippen molar-refractivity contribution in [2.75, 3.05) is 31.5 Å². The van der Waals surface area contributed by atoms with Crippen molar-refractivity contribution >= 4 is 35.6 Å². The van der Waals surface area contributed by atoms with Gasteiger partial charge in [-0.05, 0) is 37.9 Å². The lowest BCUT2D eigenvalue weighted by atomic mass is 10.1. The Morgan fingerprint density at radius 3 is 2.62 bits per heavy atom. The van der Waals surface area contributed by atoms with Gasteiger partial charge in [0.15, 0.2) is 5.96 Å². The van der Waals surface area contributed by atoms with E-state index in [4.69, 9.17) is 5.73 Å². The molecule has 6 heteroatoms. The van der Waals surface area contributed by atoms with E-state index in [1.807, 2.05) is 30.3 Å². The Bertz CT molecular complexity index is 419. The molecule has 0 unspecified atom stereocenters. The van der Waals surface area contributed by atoms with E-state index in [-0.39, 0.29) is 30.1 Å². The number of hydrogen-bond acceptors (Lipinski definition) is 3. The fourth-order valence-corrected chi connectivity index (χ4v) is 2.35. The average molecular weight is 404 g/mol. The van der Waals surface area contributed by atoms with Gasteiger partial charge >= 0.3 is 0 Å². The van der Waals surface area contributed by atoms with Crippen LogP contribution >= 0.6 is 24.0 Å². The predicted molar refractivity (Wildman–Crippen MR) is 98.3 cm³/mol. The summed E-state index contributed by atoms with van der Waals surface area (Å²) in [6.45, 7) is 3.73. The SMILES string of the molecule is I.NC(=NCCCN1CCC(O)CC1)Nc1ccccc1. The Morgan fingerprint density at radius 1 is 1.29 bits per heavy atom. The molecule has 4 N–H and O–H groups in total. The number of likely N-dealkylation sites (tertiary alicyclic amines) is 1. The molecule has 1 saturated heterocycles. The summed E-state index contributed by atoms with van der Waals surface area (Å²) in [5, 5.41) is 12.5. The van der Waals surface area contributed by atoms with E-state index in [1.165, 1.54) is 0 Å². The molecular weight excluding hydrogens is 379 g/mol. The number of hydrogen-bond donors (Lipinski definition) is 3. The molecule has 0 amide bonds. The third kappa shape index (κ3) is 7.10. The van der Waals surface area contributed by atoms with Crippen LogP contribution in [0.3, 0.4) is 0 Å². The molecule has 1 aliphatic heterocycles. The zero-order valence-electron chi connectivity index (χ0n) is 12.2. The number of benzene rings is 1. The van der Waals surface area contributed by atoms with Crippen molar-refractivity contribution < 1.29 is 5.11 Å². The van der Waals surface area contributed by atoms with Crippen LogP contribution in [0.1, 0.15) is 19.3 Å². The number of nitrogens with one attached hydrogen (secondary N) is 1. The van der Waals surface area contributed by atoms with Gasteiger partial charge in [-0.1, -0.05) is 18.2 Å². The van der Waals surface area contributed by atoms with Crippen LogP contribution in [0.5, 0.6) is 0 Å². The van der Waals surface area contributed by atoms with Crippen LogP contribution in [0.25, 0.3) is 0 Å². The molecule has 118 valence electrons. The molecule has 1 aromatic carbocycles. The van der Waals surface area contributed by atoms with Gasteiger partial charge < -0.3 is 21.1 Å². The van der Waals surface area contributed by atoms with Crippen LogP contribution in [-0.4, -0.2) is 48.2 Å². The minimum atomic E-state index is -0.102. The van der Waals surface area contributed by atoms with Crippen molar-refractivity contribution in [1.29, 1.82) is 0 Å².